The maximum absolute atomic E-state index is 12.6. The van der Waals surface area contributed by atoms with Gasteiger partial charge < -0.3 is 9.64 Å². The first kappa shape index (κ1) is 15.0. The highest BCUT2D eigenvalue weighted by molar-refractivity contribution is 5.94. The molecule has 2 heterocycles. The Morgan fingerprint density at radius 3 is 2.87 bits per heavy atom. The van der Waals surface area contributed by atoms with Gasteiger partial charge in [0.15, 0.2) is 11.5 Å². The number of aryl methyl sites for hydroxylation is 1. The predicted octanol–water partition coefficient (Wildman–Crippen LogP) is 2.32. The highest BCUT2D eigenvalue weighted by Crippen LogP contribution is 2.20. The predicted molar refractivity (Wildman–Crippen MR) is 86.5 cm³/mol. The first-order valence-corrected chi connectivity index (χ1v) is 7.29. The summed E-state index contributed by atoms with van der Waals surface area (Å²) in [6.45, 7) is 2.32. The Morgan fingerprint density at radius 2 is 2.09 bits per heavy atom. The third kappa shape index (κ3) is 2.88. The molecule has 118 valence electrons. The number of fused-ring (bicyclic) bond motifs is 1. The van der Waals surface area contributed by atoms with E-state index < -0.39 is 0 Å². The van der Waals surface area contributed by atoms with Gasteiger partial charge in [-0.1, -0.05) is 12.1 Å². The summed E-state index contributed by atoms with van der Waals surface area (Å²) in [6.07, 6.45) is 1.89. The minimum Gasteiger partial charge on any atom is -0.496 e. The second kappa shape index (κ2) is 6.08. The van der Waals surface area contributed by atoms with Crippen LogP contribution >= 0.6 is 0 Å². The zero-order chi connectivity index (χ0) is 16.4. The Bertz CT molecular complexity index is 857. The molecule has 6 heteroatoms. The van der Waals surface area contributed by atoms with Crippen molar-refractivity contribution in [2.45, 2.75) is 13.5 Å². The lowest BCUT2D eigenvalue weighted by molar-refractivity contribution is 0.0781. The van der Waals surface area contributed by atoms with Crippen molar-refractivity contribution in [3.8, 4) is 5.75 Å². The molecular formula is C17H18N4O2. The van der Waals surface area contributed by atoms with Gasteiger partial charge in [-0.3, -0.25) is 9.20 Å². The van der Waals surface area contributed by atoms with Crippen molar-refractivity contribution < 1.29 is 9.53 Å². The van der Waals surface area contributed by atoms with Crippen molar-refractivity contribution in [2.75, 3.05) is 14.2 Å². The normalized spacial score (nSPS) is 10.7. The van der Waals surface area contributed by atoms with Gasteiger partial charge in [0.1, 0.15) is 5.75 Å². The molecule has 0 aliphatic rings. The van der Waals surface area contributed by atoms with Crippen LogP contribution in [0.25, 0.3) is 5.65 Å². The van der Waals surface area contributed by atoms with Crippen molar-refractivity contribution >= 4 is 11.6 Å². The number of pyridine rings is 1. The van der Waals surface area contributed by atoms with Crippen molar-refractivity contribution in [3.05, 3.63) is 59.5 Å². The van der Waals surface area contributed by atoms with E-state index in [1.807, 2.05) is 41.8 Å². The molecule has 1 amide bonds. The Labute approximate surface area is 134 Å². The Kier molecular flexibility index (Phi) is 3.97. The Balaban J connectivity index is 1.82. The van der Waals surface area contributed by atoms with E-state index in [2.05, 4.69) is 10.2 Å². The number of carbonyl (C=O) groups excluding carboxylic acids is 1. The average Bonchev–Trinajstić information content (AvgIpc) is 2.98. The number of hydrogen-bond acceptors (Lipinski definition) is 4. The molecule has 6 nitrogen and oxygen atoms in total. The summed E-state index contributed by atoms with van der Waals surface area (Å²) >= 11 is 0. The number of nitrogens with zero attached hydrogens (tertiary/aromatic N) is 4. The zero-order valence-corrected chi connectivity index (χ0v) is 13.4. The van der Waals surface area contributed by atoms with Crippen LogP contribution in [0.1, 0.15) is 21.7 Å². The molecule has 2 aromatic heterocycles. The van der Waals surface area contributed by atoms with Gasteiger partial charge in [-0.2, -0.15) is 0 Å². The van der Waals surface area contributed by atoms with Crippen LogP contribution in [0.5, 0.6) is 5.75 Å². The molecule has 3 aromatic rings. The van der Waals surface area contributed by atoms with Gasteiger partial charge in [0, 0.05) is 18.8 Å². The van der Waals surface area contributed by atoms with Crippen LogP contribution in [-0.2, 0) is 6.54 Å². The van der Waals surface area contributed by atoms with Crippen molar-refractivity contribution in [3.63, 3.8) is 0 Å². The molecule has 0 spiro atoms. The van der Waals surface area contributed by atoms with E-state index in [9.17, 15) is 4.79 Å². The molecule has 0 fully saturated rings. The molecule has 0 radical (unpaired) electrons. The number of hydrogen-bond donors (Lipinski definition) is 0. The second-order valence-corrected chi connectivity index (χ2v) is 5.39. The maximum Gasteiger partial charge on any atom is 0.254 e. The zero-order valence-electron chi connectivity index (χ0n) is 13.4. The van der Waals surface area contributed by atoms with Crippen LogP contribution in [0.15, 0.2) is 42.6 Å². The molecule has 23 heavy (non-hydrogen) atoms. The molecule has 0 aliphatic carbocycles. The minimum atomic E-state index is -0.0871. The molecule has 0 aliphatic heterocycles. The first-order chi connectivity index (χ1) is 11.1. The van der Waals surface area contributed by atoms with E-state index in [4.69, 9.17) is 4.74 Å². The highest BCUT2D eigenvalue weighted by Gasteiger charge is 2.16. The Hall–Kier alpha value is -2.89. The van der Waals surface area contributed by atoms with Crippen molar-refractivity contribution in [1.82, 2.24) is 19.5 Å². The molecule has 3 rings (SSSR count). The Morgan fingerprint density at radius 1 is 1.26 bits per heavy atom. The third-order valence-electron chi connectivity index (χ3n) is 3.76. The summed E-state index contributed by atoms with van der Waals surface area (Å²) in [5.41, 5.74) is 2.35. The summed E-state index contributed by atoms with van der Waals surface area (Å²) < 4.78 is 7.16. The van der Waals surface area contributed by atoms with E-state index in [-0.39, 0.29) is 5.91 Å². The van der Waals surface area contributed by atoms with Gasteiger partial charge in [0.2, 0.25) is 0 Å². The fourth-order valence-electron chi connectivity index (χ4n) is 2.46. The van der Waals surface area contributed by atoms with Gasteiger partial charge >= 0.3 is 0 Å². The number of carbonyl (C=O) groups is 1. The monoisotopic (exact) mass is 310 g/mol. The van der Waals surface area contributed by atoms with Gasteiger partial charge in [-0.05, 0) is 36.8 Å². The molecule has 0 atom stereocenters. The molecule has 0 saturated carbocycles. The number of benzene rings is 1. The summed E-state index contributed by atoms with van der Waals surface area (Å²) in [5, 5.41) is 8.25. The van der Waals surface area contributed by atoms with Crippen LogP contribution in [-0.4, -0.2) is 39.6 Å². The standard InChI is InChI=1S/C17H18N4O2/c1-12-7-8-13(10-14(12)23-3)17(22)20(2)11-16-19-18-15-6-4-5-9-21(15)16/h4-10H,11H2,1-3H3. The molecular weight excluding hydrogens is 292 g/mol. The molecule has 1 aromatic carbocycles. The van der Waals surface area contributed by atoms with Crippen LogP contribution < -0.4 is 4.74 Å². The lowest BCUT2D eigenvalue weighted by Crippen LogP contribution is -2.27. The topological polar surface area (TPSA) is 59.7 Å². The van der Waals surface area contributed by atoms with Crippen molar-refractivity contribution in [1.29, 1.82) is 0 Å². The van der Waals surface area contributed by atoms with Crippen LogP contribution in [0.4, 0.5) is 0 Å². The lowest BCUT2D eigenvalue weighted by Gasteiger charge is -2.17. The average molecular weight is 310 g/mol. The fourth-order valence-corrected chi connectivity index (χ4v) is 2.46. The number of rotatable bonds is 4. The summed E-state index contributed by atoms with van der Waals surface area (Å²) in [6, 6.07) is 11.1. The van der Waals surface area contributed by atoms with Crippen LogP contribution in [0.3, 0.4) is 0 Å². The van der Waals surface area contributed by atoms with Crippen LogP contribution in [0, 0.1) is 6.92 Å². The van der Waals surface area contributed by atoms with E-state index in [0.717, 1.165) is 17.0 Å². The summed E-state index contributed by atoms with van der Waals surface area (Å²) in [7, 11) is 3.35. The molecule has 0 bridgehead atoms. The maximum atomic E-state index is 12.6. The smallest absolute Gasteiger partial charge is 0.254 e. The largest absolute Gasteiger partial charge is 0.496 e. The number of aromatic nitrogens is 3. The van der Waals surface area contributed by atoms with E-state index in [0.29, 0.717) is 17.9 Å². The van der Waals surface area contributed by atoms with Gasteiger partial charge in [0.25, 0.3) is 5.91 Å². The first-order valence-electron chi connectivity index (χ1n) is 7.29. The highest BCUT2D eigenvalue weighted by atomic mass is 16.5. The van der Waals surface area contributed by atoms with E-state index >= 15 is 0 Å². The fraction of sp³-hybridized carbons (Fsp3) is 0.235. The van der Waals surface area contributed by atoms with E-state index in [1.54, 1.807) is 31.2 Å². The molecule has 0 N–H and O–H groups in total. The quantitative estimate of drug-likeness (QED) is 0.742. The van der Waals surface area contributed by atoms with Crippen LogP contribution in [0.2, 0.25) is 0 Å². The molecule has 0 saturated heterocycles. The number of methoxy groups -OCH3 is 1. The van der Waals surface area contributed by atoms with Gasteiger partial charge in [-0.15, -0.1) is 10.2 Å². The SMILES string of the molecule is COc1cc(C(=O)N(C)Cc2nnc3ccccn23)ccc1C. The molecule has 0 unspecified atom stereocenters. The number of amides is 1. The van der Waals surface area contributed by atoms with Crippen molar-refractivity contribution in [2.24, 2.45) is 0 Å². The summed E-state index contributed by atoms with van der Waals surface area (Å²) in [4.78, 5) is 14.2. The van der Waals surface area contributed by atoms with Gasteiger partial charge in [-0.25, -0.2) is 0 Å². The summed E-state index contributed by atoms with van der Waals surface area (Å²) in [5.74, 6) is 1.34. The second-order valence-electron chi connectivity index (χ2n) is 5.39. The van der Waals surface area contributed by atoms with Gasteiger partial charge in [0.05, 0.1) is 13.7 Å². The third-order valence-corrected chi connectivity index (χ3v) is 3.76. The lowest BCUT2D eigenvalue weighted by atomic mass is 10.1. The number of ether oxygens (including phenoxy) is 1. The van der Waals surface area contributed by atoms with E-state index in [1.165, 1.54) is 0 Å². The minimum absolute atomic E-state index is 0.0871.